The Morgan fingerprint density at radius 3 is 2.75 bits per heavy atom. The minimum absolute atomic E-state index is 0.0343. The molecule has 0 unspecified atom stereocenters. The Balaban J connectivity index is 1.99. The molecule has 0 radical (unpaired) electrons. The molecule has 1 aromatic heterocycles. The molecule has 0 bridgehead atoms. The summed E-state index contributed by atoms with van der Waals surface area (Å²) >= 11 is 1.52. The molecule has 0 atom stereocenters. The molecule has 0 fully saturated rings. The van der Waals surface area contributed by atoms with Crippen LogP contribution in [0.3, 0.4) is 0 Å². The van der Waals surface area contributed by atoms with E-state index in [2.05, 4.69) is 30.2 Å². The SMILES string of the molecule is COc1ccccc1CC(C)(C)NCc1cnc(N)s1. The van der Waals surface area contributed by atoms with Gasteiger partial charge in [0.05, 0.1) is 7.11 Å². The first-order valence-electron chi connectivity index (χ1n) is 6.57. The van der Waals surface area contributed by atoms with E-state index in [1.165, 1.54) is 16.9 Å². The second-order valence-electron chi connectivity index (χ2n) is 5.39. The highest BCUT2D eigenvalue weighted by atomic mass is 32.1. The van der Waals surface area contributed by atoms with Crippen molar-refractivity contribution in [2.75, 3.05) is 12.8 Å². The standard InChI is InChI=1S/C15H21N3OS/c1-15(2,18-10-12-9-17-14(16)20-12)8-11-6-4-5-7-13(11)19-3/h4-7,9,18H,8,10H2,1-3H3,(H2,16,17). The number of nitrogens with two attached hydrogens (primary N) is 1. The Bertz CT molecular complexity index is 566. The summed E-state index contributed by atoms with van der Waals surface area (Å²) in [5.41, 5.74) is 6.81. The lowest BCUT2D eigenvalue weighted by atomic mass is 9.94. The molecule has 0 amide bonds. The van der Waals surface area contributed by atoms with Crippen LogP contribution in [0.1, 0.15) is 24.3 Å². The molecule has 0 aliphatic heterocycles. The van der Waals surface area contributed by atoms with Crippen molar-refractivity contribution in [3.8, 4) is 5.75 Å². The van der Waals surface area contributed by atoms with Crippen LogP contribution in [0.2, 0.25) is 0 Å². The van der Waals surface area contributed by atoms with E-state index in [0.29, 0.717) is 5.13 Å². The van der Waals surface area contributed by atoms with Gasteiger partial charge in [-0.15, -0.1) is 11.3 Å². The van der Waals surface area contributed by atoms with Gasteiger partial charge in [-0.25, -0.2) is 4.98 Å². The van der Waals surface area contributed by atoms with E-state index in [0.717, 1.165) is 23.6 Å². The van der Waals surface area contributed by atoms with Gasteiger partial charge in [0.15, 0.2) is 5.13 Å². The Labute approximate surface area is 124 Å². The summed E-state index contributed by atoms with van der Waals surface area (Å²) in [5, 5.41) is 4.16. The van der Waals surface area contributed by atoms with Crippen molar-refractivity contribution in [1.29, 1.82) is 0 Å². The Morgan fingerprint density at radius 1 is 1.35 bits per heavy atom. The molecule has 0 saturated heterocycles. The molecule has 0 saturated carbocycles. The maximum atomic E-state index is 5.64. The van der Waals surface area contributed by atoms with Crippen LogP contribution in [0, 0.1) is 0 Å². The van der Waals surface area contributed by atoms with Crippen molar-refractivity contribution in [3.05, 3.63) is 40.9 Å². The highest BCUT2D eigenvalue weighted by molar-refractivity contribution is 7.15. The molecule has 5 heteroatoms. The molecular formula is C15H21N3OS. The second-order valence-corrected chi connectivity index (χ2v) is 6.54. The molecule has 20 heavy (non-hydrogen) atoms. The summed E-state index contributed by atoms with van der Waals surface area (Å²) in [7, 11) is 1.71. The smallest absolute Gasteiger partial charge is 0.180 e. The summed E-state index contributed by atoms with van der Waals surface area (Å²) in [6, 6.07) is 8.13. The van der Waals surface area contributed by atoms with Gasteiger partial charge in [0.25, 0.3) is 0 Å². The van der Waals surface area contributed by atoms with Gasteiger partial charge in [-0.05, 0) is 31.9 Å². The zero-order chi connectivity index (χ0) is 14.6. The third-order valence-electron chi connectivity index (χ3n) is 3.14. The van der Waals surface area contributed by atoms with Crippen molar-refractivity contribution >= 4 is 16.5 Å². The first-order chi connectivity index (χ1) is 9.50. The van der Waals surface area contributed by atoms with Crippen molar-refractivity contribution in [2.24, 2.45) is 0 Å². The highest BCUT2D eigenvalue weighted by Crippen LogP contribution is 2.23. The average molecular weight is 291 g/mol. The van der Waals surface area contributed by atoms with Gasteiger partial charge in [0.2, 0.25) is 0 Å². The number of nitrogens with zero attached hydrogens (tertiary/aromatic N) is 1. The van der Waals surface area contributed by atoms with E-state index in [1.807, 2.05) is 24.4 Å². The van der Waals surface area contributed by atoms with Crippen LogP contribution in [-0.2, 0) is 13.0 Å². The summed E-state index contributed by atoms with van der Waals surface area (Å²) in [6.45, 7) is 5.14. The summed E-state index contributed by atoms with van der Waals surface area (Å²) in [5.74, 6) is 0.935. The molecule has 2 rings (SSSR count). The fourth-order valence-electron chi connectivity index (χ4n) is 2.12. The Hall–Kier alpha value is -1.59. The highest BCUT2D eigenvalue weighted by Gasteiger charge is 2.20. The van der Waals surface area contributed by atoms with Crippen LogP contribution in [0.15, 0.2) is 30.5 Å². The first-order valence-corrected chi connectivity index (χ1v) is 7.39. The molecule has 3 N–H and O–H groups in total. The number of anilines is 1. The van der Waals surface area contributed by atoms with E-state index in [-0.39, 0.29) is 5.54 Å². The Morgan fingerprint density at radius 2 is 2.10 bits per heavy atom. The molecule has 0 aliphatic carbocycles. The number of rotatable bonds is 6. The van der Waals surface area contributed by atoms with E-state index >= 15 is 0 Å². The van der Waals surface area contributed by atoms with Gasteiger partial charge in [-0.3, -0.25) is 0 Å². The quantitative estimate of drug-likeness (QED) is 0.859. The normalized spacial score (nSPS) is 11.6. The average Bonchev–Trinajstić information content (AvgIpc) is 2.83. The van der Waals surface area contributed by atoms with Crippen LogP contribution in [0.5, 0.6) is 5.75 Å². The lowest BCUT2D eigenvalue weighted by molar-refractivity contribution is 0.368. The number of para-hydroxylation sites is 1. The number of thiazole rings is 1. The van der Waals surface area contributed by atoms with Crippen LogP contribution < -0.4 is 15.8 Å². The molecule has 1 heterocycles. The van der Waals surface area contributed by atoms with E-state index in [4.69, 9.17) is 10.5 Å². The number of hydrogen-bond acceptors (Lipinski definition) is 5. The van der Waals surface area contributed by atoms with Gasteiger partial charge < -0.3 is 15.8 Å². The van der Waals surface area contributed by atoms with E-state index < -0.39 is 0 Å². The molecule has 0 aliphatic rings. The lowest BCUT2D eigenvalue weighted by Gasteiger charge is -2.27. The number of nitrogen functional groups attached to an aromatic ring is 1. The van der Waals surface area contributed by atoms with Gasteiger partial charge in [-0.1, -0.05) is 18.2 Å². The second kappa shape index (κ2) is 6.24. The van der Waals surface area contributed by atoms with Gasteiger partial charge >= 0.3 is 0 Å². The van der Waals surface area contributed by atoms with Crippen molar-refractivity contribution < 1.29 is 4.74 Å². The summed E-state index contributed by atoms with van der Waals surface area (Å²) in [6.07, 6.45) is 2.72. The van der Waals surface area contributed by atoms with E-state index in [9.17, 15) is 0 Å². The predicted octanol–water partition coefficient (Wildman–Crippen LogP) is 2.84. The monoisotopic (exact) mass is 291 g/mol. The fraction of sp³-hybridized carbons (Fsp3) is 0.400. The maximum absolute atomic E-state index is 5.64. The first kappa shape index (κ1) is 14.8. The van der Waals surface area contributed by atoms with E-state index in [1.54, 1.807) is 7.11 Å². The number of methoxy groups -OCH3 is 1. The van der Waals surface area contributed by atoms with Crippen LogP contribution in [0.25, 0.3) is 0 Å². The largest absolute Gasteiger partial charge is 0.496 e. The van der Waals surface area contributed by atoms with Gasteiger partial charge in [0.1, 0.15) is 5.75 Å². The zero-order valence-corrected chi connectivity index (χ0v) is 13.0. The molecule has 4 nitrogen and oxygen atoms in total. The number of benzene rings is 1. The van der Waals surface area contributed by atoms with Gasteiger partial charge in [0, 0.05) is 23.2 Å². The predicted molar refractivity (Wildman–Crippen MR) is 84.1 cm³/mol. The summed E-state index contributed by atoms with van der Waals surface area (Å²) in [4.78, 5) is 5.21. The van der Waals surface area contributed by atoms with Crippen molar-refractivity contribution in [3.63, 3.8) is 0 Å². The molecule has 2 aromatic rings. The zero-order valence-electron chi connectivity index (χ0n) is 12.1. The number of ether oxygens (including phenoxy) is 1. The molecule has 108 valence electrons. The van der Waals surface area contributed by atoms with Crippen LogP contribution in [-0.4, -0.2) is 17.6 Å². The third kappa shape index (κ3) is 3.95. The van der Waals surface area contributed by atoms with Crippen molar-refractivity contribution in [1.82, 2.24) is 10.3 Å². The number of nitrogens with one attached hydrogen (secondary N) is 1. The fourth-order valence-corrected chi connectivity index (χ4v) is 2.74. The van der Waals surface area contributed by atoms with Crippen LogP contribution in [0.4, 0.5) is 5.13 Å². The van der Waals surface area contributed by atoms with Crippen LogP contribution >= 0.6 is 11.3 Å². The molecular weight excluding hydrogens is 270 g/mol. The minimum atomic E-state index is -0.0343. The number of hydrogen-bond donors (Lipinski definition) is 2. The maximum Gasteiger partial charge on any atom is 0.180 e. The topological polar surface area (TPSA) is 60.2 Å². The number of aromatic nitrogens is 1. The van der Waals surface area contributed by atoms with Gasteiger partial charge in [-0.2, -0.15) is 0 Å². The Kier molecular flexibility index (Phi) is 4.62. The third-order valence-corrected chi connectivity index (χ3v) is 3.96. The molecule has 1 aromatic carbocycles. The lowest BCUT2D eigenvalue weighted by Crippen LogP contribution is -2.40. The minimum Gasteiger partial charge on any atom is -0.496 e. The van der Waals surface area contributed by atoms with Crippen molar-refractivity contribution in [2.45, 2.75) is 32.4 Å². The molecule has 0 spiro atoms. The summed E-state index contributed by atoms with van der Waals surface area (Å²) < 4.78 is 5.41.